The first-order valence-corrected chi connectivity index (χ1v) is 4.20. The monoisotopic (exact) mass is 199 g/mol. The third-order valence-corrected chi connectivity index (χ3v) is 1.68. The standard InChI is InChI=1S/C8H13N3O3/c1-8(2,3)6-9-7(14)11(10-6)4-5(12)13/h4H2,1-3H3,(H,12,13)(H,9,10,14). The summed E-state index contributed by atoms with van der Waals surface area (Å²) in [6.45, 7) is 5.24. The van der Waals surface area contributed by atoms with Gasteiger partial charge in [0.05, 0.1) is 0 Å². The molecule has 1 aromatic heterocycles. The van der Waals surface area contributed by atoms with E-state index >= 15 is 0 Å². The number of carboxylic acids is 1. The molecule has 0 aliphatic heterocycles. The Bertz CT molecular complexity index is 397. The molecule has 1 rings (SSSR count). The molecule has 78 valence electrons. The first-order chi connectivity index (χ1) is 6.30. The third-order valence-electron chi connectivity index (χ3n) is 1.68. The highest BCUT2D eigenvalue weighted by atomic mass is 16.4. The van der Waals surface area contributed by atoms with Crippen molar-refractivity contribution >= 4 is 5.97 Å². The van der Waals surface area contributed by atoms with Crippen molar-refractivity contribution in [2.45, 2.75) is 32.7 Å². The van der Waals surface area contributed by atoms with E-state index in [1.54, 1.807) is 0 Å². The van der Waals surface area contributed by atoms with Crippen LogP contribution in [-0.4, -0.2) is 25.8 Å². The van der Waals surface area contributed by atoms with Gasteiger partial charge in [0, 0.05) is 5.41 Å². The molecule has 0 spiro atoms. The maximum atomic E-state index is 11.2. The van der Waals surface area contributed by atoms with Gasteiger partial charge in [0.2, 0.25) is 0 Å². The summed E-state index contributed by atoms with van der Waals surface area (Å²) in [6, 6.07) is 0. The molecule has 6 heteroatoms. The van der Waals surface area contributed by atoms with Crippen molar-refractivity contribution in [1.82, 2.24) is 14.8 Å². The lowest BCUT2D eigenvalue weighted by Gasteiger charge is -2.12. The molecule has 0 unspecified atom stereocenters. The smallest absolute Gasteiger partial charge is 0.343 e. The van der Waals surface area contributed by atoms with Gasteiger partial charge < -0.3 is 5.11 Å². The molecule has 0 bridgehead atoms. The molecule has 6 nitrogen and oxygen atoms in total. The van der Waals surface area contributed by atoms with Crippen molar-refractivity contribution in [2.24, 2.45) is 0 Å². The van der Waals surface area contributed by atoms with Crippen molar-refractivity contribution in [1.29, 1.82) is 0 Å². The maximum absolute atomic E-state index is 11.2. The molecule has 0 saturated carbocycles. The van der Waals surface area contributed by atoms with Gasteiger partial charge >= 0.3 is 11.7 Å². The molecule has 0 aliphatic rings. The van der Waals surface area contributed by atoms with E-state index in [1.165, 1.54) is 0 Å². The van der Waals surface area contributed by atoms with Crippen LogP contribution in [0.4, 0.5) is 0 Å². The molecule has 0 aliphatic carbocycles. The normalized spacial score (nSPS) is 11.6. The minimum Gasteiger partial charge on any atom is -0.480 e. The number of aromatic amines is 1. The van der Waals surface area contributed by atoms with Gasteiger partial charge in [-0.1, -0.05) is 20.8 Å². The minimum absolute atomic E-state index is 0.289. The fourth-order valence-electron chi connectivity index (χ4n) is 0.930. The summed E-state index contributed by atoms with van der Waals surface area (Å²) in [4.78, 5) is 24.1. The number of carbonyl (C=O) groups is 1. The molecule has 0 amide bonds. The van der Waals surface area contributed by atoms with E-state index in [1.807, 2.05) is 20.8 Å². The summed E-state index contributed by atoms with van der Waals surface area (Å²) < 4.78 is 0.906. The van der Waals surface area contributed by atoms with Crippen LogP contribution in [0.5, 0.6) is 0 Å². The first-order valence-electron chi connectivity index (χ1n) is 4.20. The highest BCUT2D eigenvalue weighted by molar-refractivity contribution is 5.66. The lowest BCUT2D eigenvalue weighted by Crippen LogP contribution is -2.22. The van der Waals surface area contributed by atoms with Gasteiger partial charge in [-0.3, -0.25) is 9.78 Å². The van der Waals surface area contributed by atoms with E-state index in [2.05, 4.69) is 10.1 Å². The Morgan fingerprint density at radius 2 is 2.14 bits per heavy atom. The number of carboxylic acid groups (broad SMARTS) is 1. The number of hydrogen-bond acceptors (Lipinski definition) is 3. The molecule has 1 heterocycles. The third kappa shape index (κ3) is 2.21. The number of H-pyrrole nitrogens is 1. The SMILES string of the molecule is CC(C)(C)c1nn(CC(=O)O)c(=O)[nH]1. The van der Waals surface area contributed by atoms with Gasteiger partial charge in [-0.25, -0.2) is 9.48 Å². The zero-order valence-electron chi connectivity index (χ0n) is 8.37. The Morgan fingerprint density at radius 3 is 2.50 bits per heavy atom. The van der Waals surface area contributed by atoms with Crippen molar-refractivity contribution in [3.63, 3.8) is 0 Å². The van der Waals surface area contributed by atoms with Gasteiger partial charge in [-0.15, -0.1) is 0 Å². The van der Waals surface area contributed by atoms with E-state index in [0.717, 1.165) is 4.68 Å². The van der Waals surface area contributed by atoms with Gasteiger partial charge in [-0.2, -0.15) is 5.10 Å². The number of hydrogen-bond donors (Lipinski definition) is 2. The van der Waals surface area contributed by atoms with Gasteiger partial charge in [0.1, 0.15) is 12.4 Å². The van der Waals surface area contributed by atoms with Crippen molar-refractivity contribution < 1.29 is 9.90 Å². The molecule has 2 N–H and O–H groups in total. The van der Waals surface area contributed by atoms with Crippen molar-refractivity contribution in [2.75, 3.05) is 0 Å². The van der Waals surface area contributed by atoms with Crippen LogP contribution in [0.15, 0.2) is 4.79 Å². The summed E-state index contributed by atoms with van der Waals surface area (Å²) in [7, 11) is 0. The first kappa shape index (κ1) is 10.5. The van der Waals surface area contributed by atoms with E-state index in [-0.39, 0.29) is 5.41 Å². The van der Waals surface area contributed by atoms with Crippen LogP contribution in [-0.2, 0) is 16.8 Å². The zero-order chi connectivity index (χ0) is 10.9. The maximum Gasteiger partial charge on any atom is 0.343 e. The fraction of sp³-hybridized carbons (Fsp3) is 0.625. The summed E-state index contributed by atoms with van der Waals surface area (Å²) >= 11 is 0. The van der Waals surface area contributed by atoms with E-state index < -0.39 is 18.2 Å². The molecule has 1 aromatic rings. The summed E-state index contributed by atoms with van der Waals surface area (Å²) in [5.74, 6) is -0.595. The molecule has 0 fully saturated rings. The number of rotatable bonds is 2. The Hall–Kier alpha value is -1.59. The largest absolute Gasteiger partial charge is 0.480 e. The fourth-order valence-corrected chi connectivity index (χ4v) is 0.930. The average Bonchev–Trinajstić information content (AvgIpc) is 2.30. The zero-order valence-corrected chi connectivity index (χ0v) is 8.37. The molecule has 0 saturated heterocycles. The van der Waals surface area contributed by atoms with Crippen molar-refractivity contribution in [3.05, 3.63) is 16.3 Å². The average molecular weight is 199 g/mol. The lowest BCUT2D eigenvalue weighted by molar-refractivity contribution is -0.137. The lowest BCUT2D eigenvalue weighted by atomic mass is 9.96. The summed E-state index contributed by atoms with van der Waals surface area (Å²) in [5, 5.41) is 12.4. The quantitative estimate of drug-likeness (QED) is 0.699. The number of nitrogens with zero attached hydrogens (tertiary/aromatic N) is 2. The topological polar surface area (TPSA) is 88.0 Å². The molecule has 0 radical (unpaired) electrons. The van der Waals surface area contributed by atoms with Crippen LogP contribution < -0.4 is 5.69 Å². The Kier molecular flexibility index (Phi) is 2.46. The Balaban J connectivity index is 3.06. The van der Waals surface area contributed by atoms with Gasteiger partial charge in [0.15, 0.2) is 0 Å². The summed E-state index contributed by atoms with van der Waals surface area (Å²) in [5.41, 5.74) is -0.777. The Morgan fingerprint density at radius 1 is 1.57 bits per heavy atom. The van der Waals surface area contributed by atoms with Crippen LogP contribution in [0.25, 0.3) is 0 Å². The molecule has 14 heavy (non-hydrogen) atoms. The van der Waals surface area contributed by atoms with Crippen LogP contribution in [0.1, 0.15) is 26.6 Å². The van der Waals surface area contributed by atoms with E-state index in [0.29, 0.717) is 5.82 Å². The van der Waals surface area contributed by atoms with Crippen LogP contribution in [0.2, 0.25) is 0 Å². The van der Waals surface area contributed by atoms with Crippen LogP contribution in [0, 0.1) is 0 Å². The molecular weight excluding hydrogens is 186 g/mol. The van der Waals surface area contributed by atoms with E-state index in [4.69, 9.17) is 5.11 Å². The number of aromatic nitrogens is 3. The molecule has 0 aromatic carbocycles. The highest BCUT2D eigenvalue weighted by Crippen LogP contribution is 2.15. The predicted octanol–water partition coefficient (Wildman–Crippen LogP) is -0.0465. The predicted molar refractivity (Wildman–Crippen MR) is 49.2 cm³/mol. The summed E-state index contributed by atoms with van der Waals surface area (Å²) in [6.07, 6.45) is 0. The van der Waals surface area contributed by atoms with Gasteiger partial charge in [0.25, 0.3) is 0 Å². The Labute approximate surface area is 80.6 Å². The van der Waals surface area contributed by atoms with Crippen LogP contribution in [0.3, 0.4) is 0 Å². The second-order valence-electron chi connectivity index (χ2n) is 4.08. The van der Waals surface area contributed by atoms with Gasteiger partial charge in [-0.05, 0) is 0 Å². The number of aliphatic carboxylic acids is 1. The van der Waals surface area contributed by atoms with E-state index in [9.17, 15) is 9.59 Å². The minimum atomic E-state index is -1.08. The molecular formula is C8H13N3O3. The highest BCUT2D eigenvalue weighted by Gasteiger charge is 2.20. The van der Waals surface area contributed by atoms with Crippen LogP contribution >= 0.6 is 0 Å². The second-order valence-corrected chi connectivity index (χ2v) is 4.08. The number of nitrogens with one attached hydrogen (secondary N) is 1. The van der Waals surface area contributed by atoms with Crippen molar-refractivity contribution in [3.8, 4) is 0 Å². The second kappa shape index (κ2) is 3.28. The molecule has 0 atom stereocenters.